The van der Waals surface area contributed by atoms with Crippen molar-refractivity contribution in [2.24, 2.45) is 0 Å². The highest BCUT2D eigenvalue weighted by molar-refractivity contribution is 6.30. The summed E-state index contributed by atoms with van der Waals surface area (Å²) in [4.78, 5) is 4.04. The van der Waals surface area contributed by atoms with E-state index in [2.05, 4.69) is 14.9 Å². The fourth-order valence-electron chi connectivity index (χ4n) is 2.80. The summed E-state index contributed by atoms with van der Waals surface area (Å²) in [7, 11) is 0. The molecule has 0 bridgehead atoms. The highest BCUT2D eigenvalue weighted by Gasteiger charge is 2.37. The Hall–Kier alpha value is -1.40. The van der Waals surface area contributed by atoms with Crippen molar-refractivity contribution in [3.63, 3.8) is 0 Å². The Morgan fingerprint density at radius 1 is 1.17 bits per heavy atom. The van der Waals surface area contributed by atoms with E-state index in [4.69, 9.17) is 21.1 Å². The summed E-state index contributed by atoms with van der Waals surface area (Å²) >= 11 is 5.97. The Bertz CT molecular complexity index is 580. The van der Waals surface area contributed by atoms with Crippen LogP contribution in [0.25, 0.3) is 0 Å². The number of hydrogen-bond acceptors (Lipinski definition) is 4. The van der Waals surface area contributed by atoms with E-state index in [0.717, 1.165) is 43.1 Å². The average Bonchev–Trinajstić information content (AvgIpc) is 3.24. The van der Waals surface area contributed by atoms with Crippen LogP contribution in [-0.4, -0.2) is 35.9 Å². The Balaban J connectivity index is 1.45. The molecule has 1 fully saturated rings. The number of nitrogens with zero attached hydrogens (tertiary/aromatic N) is 2. The van der Waals surface area contributed by atoms with Crippen LogP contribution in [0.1, 0.15) is 18.4 Å². The van der Waals surface area contributed by atoms with Gasteiger partial charge in [0.1, 0.15) is 0 Å². The Morgan fingerprint density at radius 3 is 2.65 bits per heavy atom. The molecule has 1 aliphatic heterocycles. The normalized spacial score (nSPS) is 16.7. The van der Waals surface area contributed by atoms with Gasteiger partial charge in [0.15, 0.2) is 5.79 Å². The number of aromatic nitrogens is 2. The third-order valence-electron chi connectivity index (χ3n) is 4.00. The maximum absolute atomic E-state index is 5.97. The number of benzene rings is 1. The maximum Gasteiger partial charge on any atom is 0.196 e. The van der Waals surface area contributed by atoms with Gasteiger partial charge in [-0.2, -0.15) is 0 Å². The number of aryl methyl sites for hydroxylation is 1. The van der Waals surface area contributed by atoms with Gasteiger partial charge in [0.05, 0.1) is 19.5 Å². The van der Waals surface area contributed by atoms with E-state index >= 15 is 0 Å². The van der Waals surface area contributed by atoms with Crippen LogP contribution in [-0.2, 0) is 21.8 Å². The Kier molecular flexibility index (Phi) is 5.67. The number of rotatable bonds is 8. The van der Waals surface area contributed by atoms with Gasteiger partial charge in [-0.1, -0.05) is 23.7 Å². The first-order valence-corrected chi connectivity index (χ1v) is 8.37. The van der Waals surface area contributed by atoms with Gasteiger partial charge in [0.25, 0.3) is 0 Å². The topological polar surface area (TPSA) is 48.3 Å². The predicted molar refractivity (Wildman–Crippen MR) is 89.4 cm³/mol. The second-order valence-electron chi connectivity index (χ2n) is 5.61. The first-order valence-electron chi connectivity index (χ1n) is 7.99. The van der Waals surface area contributed by atoms with Crippen LogP contribution >= 0.6 is 11.6 Å². The van der Waals surface area contributed by atoms with Gasteiger partial charge in [-0.15, -0.1) is 0 Å². The monoisotopic (exact) mass is 335 g/mol. The van der Waals surface area contributed by atoms with Crippen molar-refractivity contribution in [3.05, 3.63) is 53.6 Å². The summed E-state index contributed by atoms with van der Waals surface area (Å²) in [5.74, 6) is -0.637. The molecule has 1 aliphatic rings. The molecule has 1 aromatic heterocycles. The molecular formula is C17H22ClN3O2. The molecule has 0 aliphatic carbocycles. The fraction of sp³-hybridized carbons (Fsp3) is 0.471. The van der Waals surface area contributed by atoms with Gasteiger partial charge in [-0.05, 0) is 25.1 Å². The second kappa shape index (κ2) is 7.93. The molecule has 124 valence electrons. The number of nitrogens with one attached hydrogen (secondary N) is 1. The molecule has 0 saturated carbocycles. The molecular weight excluding hydrogens is 314 g/mol. The van der Waals surface area contributed by atoms with E-state index in [1.807, 2.05) is 36.8 Å². The van der Waals surface area contributed by atoms with Crippen molar-refractivity contribution in [2.75, 3.05) is 26.3 Å². The van der Waals surface area contributed by atoms with Crippen LogP contribution in [0, 0.1) is 0 Å². The minimum Gasteiger partial charge on any atom is -0.343 e. The lowest BCUT2D eigenvalue weighted by molar-refractivity contribution is -0.169. The van der Waals surface area contributed by atoms with Crippen molar-refractivity contribution in [1.82, 2.24) is 14.9 Å². The summed E-state index contributed by atoms with van der Waals surface area (Å²) in [6.45, 7) is 4.02. The van der Waals surface area contributed by atoms with E-state index in [0.29, 0.717) is 13.2 Å². The third-order valence-corrected chi connectivity index (χ3v) is 4.25. The number of hydrogen-bond donors (Lipinski definition) is 1. The third kappa shape index (κ3) is 4.32. The van der Waals surface area contributed by atoms with Crippen molar-refractivity contribution in [1.29, 1.82) is 0 Å². The van der Waals surface area contributed by atoms with Crippen molar-refractivity contribution in [2.45, 2.75) is 25.2 Å². The largest absolute Gasteiger partial charge is 0.343 e. The van der Waals surface area contributed by atoms with Crippen molar-refractivity contribution >= 4 is 11.6 Å². The first kappa shape index (κ1) is 16.5. The lowest BCUT2D eigenvalue weighted by Gasteiger charge is -2.28. The lowest BCUT2D eigenvalue weighted by Crippen LogP contribution is -2.32. The molecule has 23 heavy (non-hydrogen) atoms. The van der Waals surface area contributed by atoms with Crippen LogP contribution in [0.5, 0.6) is 0 Å². The molecule has 5 nitrogen and oxygen atoms in total. The van der Waals surface area contributed by atoms with E-state index < -0.39 is 5.79 Å². The molecule has 0 radical (unpaired) electrons. The number of ether oxygens (including phenoxy) is 2. The molecule has 0 unspecified atom stereocenters. The quantitative estimate of drug-likeness (QED) is 0.754. The predicted octanol–water partition coefficient (Wildman–Crippen LogP) is 2.81. The second-order valence-corrected chi connectivity index (χ2v) is 6.05. The van der Waals surface area contributed by atoms with Crippen LogP contribution in [0.4, 0.5) is 0 Å². The lowest BCUT2D eigenvalue weighted by atomic mass is 10.0. The molecule has 3 rings (SSSR count). The minimum absolute atomic E-state index is 0.628. The zero-order valence-corrected chi connectivity index (χ0v) is 13.8. The fourth-order valence-corrected chi connectivity index (χ4v) is 2.92. The first-order chi connectivity index (χ1) is 11.3. The molecule has 1 saturated heterocycles. The summed E-state index contributed by atoms with van der Waals surface area (Å²) in [5, 5.41) is 4.18. The van der Waals surface area contributed by atoms with Gasteiger partial charge in [-0.25, -0.2) is 4.98 Å². The summed E-state index contributed by atoms with van der Waals surface area (Å²) in [6.07, 6.45) is 7.47. The molecule has 0 spiro atoms. The van der Waals surface area contributed by atoms with Gasteiger partial charge < -0.3 is 19.4 Å². The summed E-state index contributed by atoms with van der Waals surface area (Å²) in [6, 6.07) is 7.71. The standard InChI is InChI=1S/C17H22ClN3O2/c18-16-4-2-15(3-5-16)17(22-12-13-23-17)6-8-19-7-1-10-21-11-9-20-14-21/h2-5,9,11,14,19H,1,6-8,10,12-13H2. The van der Waals surface area contributed by atoms with E-state index in [1.54, 1.807) is 6.20 Å². The molecule has 1 aromatic carbocycles. The summed E-state index contributed by atoms with van der Waals surface area (Å²) < 4.78 is 13.9. The van der Waals surface area contributed by atoms with Crippen LogP contribution in [0.3, 0.4) is 0 Å². The van der Waals surface area contributed by atoms with Gasteiger partial charge >= 0.3 is 0 Å². The number of halogens is 1. The highest BCUT2D eigenvalue weighted by atomic mass is 35.5. The average molecular weight is 336 g/mol. The highest BCUT2D eigenvalue weighted by Crippen LogP contribution is 2.35. The minimum atomic E-state index is -0.637. The SMILES string of the molecule is Clc1ccc(C2(CCNCCCn3ccnc3)OCCO2)cc1. The van der Waals surface area contributed by atoms with Crippen LogP contribution < -0.4 is 5.32 Å². The molecule has 1 N–H and O–H groups in total. The van der Waals surface area contributed by atoms with Crippen molar-refractivity contribution < 1.29 is 9.47 Å². The zero-order valence-electron chi connectivity index (χ0n) is 13.1. The molecule has 2 aromatic rings. The Labute approximate surface area is 141 Å². The maximum atomic E-state index is 5.97. The van der Waals surface area contributed by atoms with Gasteiger partial charge in [0, 0.05) is 42.5 Å². The van der Waals surface area contributed by atoms with Crippen LogP contribution in [0.2, 0.25) is 5.02 Å². The van der Waals surface area contributed by atoms with E-state index in [9.17, 15) is 0 Å². The molecule has 0 atom stereocenters. The van der Waals surface area contributed by atoms with Gasteiger partial charge in [-0.3, -0.25) is 0 Å². The molecule has 2 heterocycles. The molecule has 6 heteroatoms. The van der Waals surface area contributed by atoms with E-state index in [1.165, 1.54) is 0 Å². The molecule has 0 amide bonds. The van der Waals surface area contributed by atoms with Crippen LogP contribution in [0.15, 0.2) is 43.0 Å². The zero-order chi connectivity index (χ0) is 16.0. The van der Waals surface area contributed by atoms with Gasteiger partial charge in [0.2, 0.25) is 0 Å². The van der Waals surface area contributed by atoms with Crippen molar-refractivity contribution in [3.8, 4) is 0 Å². The smallest absolute Gasteiger partial charge is 0.196 e. The number of imidazole rings is 1. The Morgan fingerprint density at radius 2 is 1.96 bits per heavy atom. The van der Waals surface area contributed by atoms with E-state index in [-0.39, 0.29) is 0 Å². The summed E-state index contributed by atoms with van der Waals surface area (Å²) in [5.41, 5.74) is 1.03.